The zero-order chi connectivity index (χ0) is 13.6. The second kappa shape index (κ2) is 4.39. The maximum Gasteiger partial charge on any atom is 0.144 e. The summed E-state index contributed by atoms with van der Waals surface area (Å²) in [6.07, 6.45) is 0.869. The van der Waals surface area contributed by atoms with Crippen LogP contribution in [0.15, 0.2) is 28.7 Å². The summed E-state index contributed by atoms with van der Waals surface area (Å²) in [6, 6.07) is 8.32. The first kappa shape index (κ1) is 13.6. The lowest BCUT2D eigenvalue weighted by Crippen LogP contribution is -2.27. The normalized spacial score (nSPS) is 22.0. The minimum absolute atomic E-state index is 0.0948. The lowest BCUT2D eigenvalue weighted by Gasteiger charge is -2.19. The van der Waals surface area contributed by atoms with Crippen LogP contribution >= 0.6 is 0 Å². The molecule has 1 unspecified atom stereocenters. The summed E-state index contributed by atoms with van der Waals surface area (Å²) in [5.41, 5.74) is 3.57. The third-order valence-electron chi connectivity index (χ3n) is 3.29. The number of nitrogens with zero attached hydrogens (tertiary/aromatic N) is 1. The lowest BCUT2D eigenvalue weighted by atomic mass is 9.87. The average molecular weight is 263 g/mol. The molecule has 0 amide bonds. The summed E-state index contributed by atoms with van der Waals surface area (Å²) in [5.74, 6) is 0. The van der Waals surface area contributed by atoms with E-state index in [-0.39, 0.29) is 10.2 Å². The highest BCUT2D eigenvalue weighted by atomic mass is 32.2. The van der Waals surface area contributed by atoms with Crippen molar-refractivity contribution < 1.29 is 4.55 Å². The molecule has 18 heavy (non-hydrogen) atoms. The minimum Gasteiger partial charge on any atom is -0.591 e. The van der Waals surface area contributed by atoms with Crippen LogP contribution in [-0.2, 0) is 16.8 Å². The van der Waals surface area contributed by atoms with E-state index >= 15 is 0 Å². The molecule has 0 bridgehead atoms. The van der Waals surface area contributed by atoms with Crippen molar-refractivity contribution in [1.29, 1.82) is 0 Å². The molecule has 0 spiro atoms. The molecule has 3 heteroatoms. The van der Waals surface area contributed by atoms with Gasteiger partial charge in [-0.25, -0.2) is 0 Å². The van der Waals surface area contributed by atoms with Crippen LogP contribution in [0.4, 0.5) is 0 Å². The van der Waals surface area contributed by atoms with Gasteiger partial charge in [0.15, 0.2) is 0 Å². The summed E-state index contributed by atoms with van der Waals surface area (Å²) < 4.78 is 16.3. The van der Waals surface area contributed by atoms with Gasteiger partial charge >= 0.3 is 0 Å². The summed E-state index contributed by atoms with van der Waals surface area (Å²) in [5, 5.41) is 0. The van der Waals surface area contributed by atoms with Gasteiger partial charge in [0.2, 0.25) is 0 Å². The molecule has 1 aliphatic rings. The van der Waals surface area contributed by atoms with Gasteiger partial charge in [-0.2, -0.15) is 0 Å². The van der Waals surface area contributed by atoms with Crippen molar-refractivity contribution in [3.05, 3.63) is 35.4 Å². The van der Waals surface area contributed by atoms with E-state index in [9.17, 15) is 4.55 Å². The van der Waals surface area contributed by atoms with Crippen LogP contribution < -0.4 is 0 Å². The molecule has 1 aromatic rings. The zero-order valence-corrected chi connectivity index (χ0v) is 12.6. The molecular weight excluding hydrogens is 242 g/mol. The molecule has 1 atom stereocenters. The van der Waals surface area contributed by atoms with Crippen molar-refractivity contribution in [2.75, 3.05) is 0 Å². The summed E-state index contributed by atoms with van der Waals surface area (Å²) >= 11 is -1.18. The summed E-state index contributed by atoms with van der Waals surface area (Å²) in [6.45, 7) is 10.3. The lowest BCUT2D eigenvalue weighted by molar-refractivity contribution is 0.558. The van der Waals surface area contributed by atoms with E-state index in [1.54, 1.807) is 0 Å². The average Bonchev–Trinajstić information content (AvgIpc) is 2.50. The highest BCUT2D eigenvalue weighted by Gasteiger charge is 2.36. The standard InChI is InChI=1S/C15H21NOS/c1-14(2,3)18(17)16-13-10-15(4,5)12-9-7-6-8-11(12)13/h6-9H,10H2,1-5H3. The summed E-state index contributed by atoms with van der Waals surface area (Å²) in [4.78, 5) is 0. The Bertz CT molecular complexity index is 486. The van der Waals surface area contributed by atoms with E-state index < -0.39 is 11.4 Å². The predicted octanol–water partition coefficient (Wildman–Crippen LogP) is 3.62. The molecular formula is C15H21NOS. The third kappa shape index (κ3) is 2.47. The Hall–Kier alpha value is -0.800. The van der Waals surface area contributed by atoms with Gasteiger partial charge in [-0.15, -0.1) is 0 Å². The van der Waals surface area contributed by atoms with Gasteiger partial charge in [0.1, 0.15) is 16.1 Å². The Morgan fingerprint density at radius 3 is 2.44 bits per heavy atom. The van der Waals surface area contributed by atoms with Crippen LogP contribution in [0.1, 0.15) is 52.2 Å². The highest BCUT2D eigenvalue weighted by Crippen LogP contribution is 2.39. The quantitative estimate of drug-likeness (QED) is 0.713. The van der Waals surface area contributed by atoms with Crippen molar-refractivity contribution in [2.24, 2.45) is 4.40 Å². The first-order valence-corrected chi connectivity index (χ1v) is 7.42. The molecule has 1 aromatic carbocycles. The second-order valence-corrected chi connectivity index (χ2v) is 8.41. The van der Waals surface area contributed by atoms with Crippen molar-refractivity contribution in [3.63, 3.8) is 0 Å². The van der Waals surface area contributed by atoms with E-state index in [1.807, 2.05) is 26.8 Å². The van der Waals surface area contributed by atoms with Gasteiger partial charge in [0.05, 0.1) is 5.71 Å². The largest absolute Gasteiger partial charge is 0.591 e. The van der Waals surface area contributed by atoms with E-state index in [0.29, 0.717) is 0 Å². The SMILES string of the molecule is CC1(C)CC(=N[S+]([O-])C(C)(C)C)c2ccccc21. The van der Waals surface area contributed by atoms with Gasteiger partial charge < -0.3 is 4.55 Å². The van der Waals surface area contributed by atoms with Crippen molar-refractivity contribution in [1.82, 2.24) is 0 Å². The van der Waals surface area contributed by atoms with Gasteiger partial charge in [-0.1, -0.05) is 42.5 Å². The van der Waals surface area contributed by atoms with Crippen LogP contribution in [0, 0.1) is 0 Å². The van der Waals surface area contributed by atoms with E-state index in [1.165, 1.54) is 11.1 Å². The molecule has 98 valence electrons. The van der Waals surface area contributed by atoms with Crippen LogP contribution in [0.2, 0.25) is 0 Å². The maximum absolute atomic E-state index is 12.2. The first-order valence-electron chi connectivity index (χ1n) is 6.31. The molecule has 0 fully saturated rings. The molecule has 0 saturated heterocycles. The van der Waals surface area contributed by atoms with Gasteiger partial charge in [-0.05, 0) is 31.7 Å². The zero-order valence-electron chi connectivity index (χ0n) is 11.8. The number of hydrogen-bond donors (Lipinski definition) is 0. The molecule has 0 aliphatic heterocycles. The second-order valence-electron chi connectivity index (χ2n) is 6.51. The maximum atomic E-state index is 12.2. The topological polar surface area (TPSA) is 35.4 Å². The Balaban J connectivity index is 2.42. The van der Waals surface area contributed by atoms with Crippen molar-refractivity contribution in [2.45, 2.75) is 51.2 Å². The Morgan fingerprint density at radius 1 is 1.22 bits per heavy atom. The number of hydrogen-bond acceptors (Lipinski definition) is 2. The highest BCUT2D eigenvalue weighted by molar-refractivity contribution is 7.91. The van der Waals surface area contributed by atoms with Crippen molar-refractivity contribution in [3.8, 4) is 0 Å². The first-order chi connectivity index (χ1) is 8.22. The molecule has 0 heterocycles. The Labute approximate surface area is 113 Å². The van der Waals surface area contributed by atoms with Gasteiger partial charge in [0.25, 0.3) is 0 Å². The summed E-state index contributed by atoms with van der Waals surface area (Å²) in [7, 11) is 0. The number of rotatable bonds is 1. The van der Waals surface area contributed by atoms with Crippen molar-refractivity contribution >= 4 is 17.1 Å². The fourth-order valence-electron chi connectivity index (χ4n) is 2.25. The van der Waals surface area contributed by atoms with Crippen LogP contribution in [0.5, 0.6) is 0 Å². The fraction of sp³-hybridized carbons (Fsp3) is 0.533. The predicted molar refractivity (Wildman–Crippen MR) is 78.5 cm³/mol. The Kier molecular flexibility index (Phi) is 3.32. The number of fused-ring (bicyclic) bond motifs is 1. The minimum atomic E-state index is -1.18. The monoisotopic (exact) mass is 263 g/mol. The molecule has 2 nitrogen and oxygen atoms in total. The Morgan fingerprint density at radius 2 is 1.83 bits per heavy atom. The van der Waals surface area contributed by atoms with Gasteiger partial charge in [-0.3, -0.25) is 0 Å². The fourth-order valence-corrected chi connectivity index (χ4v) is 2.89. The van der Waals surface area contributed by atoms with Crippen LogP contribution in [-0.4, -0.2) is 15.0 Å². The van der Waals surface area contributed by atoms with E-state index in [0.717, 1.165) is 12.1 Å². The molecule has 1 aliphatic carbocycles. The molecule has 0 aromatic heterocycles. The molecule has 0 saturated carbocycles. The number of benzene rings is 1. The van der Waals surface area contributed by atoms with Crippen LogP contribution in [0.25, 0.3) is 0 Å². The third-order valence-corrected chi connectivity index (χ3v) is 4.73. The smallest absolute Gasteiger partial charge is 0.144 e. The molecule has 0 radical (unpaired) electrons. The van der Waals surface area contributed by atoms with E-state index in [4.69, 9.17) is 0 Å². The van der Waals surface area contributed by atoms with E-state index in [2.05, 4.69) is 36.4 Å². The van der Waals surface area contributed by atoms with Gasteiger partial charge in [0, 0.05) is 12.0 Å². The van der Waals surface area contributed by atoms with Crippen LogP contribution in [0.3, 0.4) is 0 Å². The molecule has 0 N–H and O–H groups in total. The molecule has 2 rings (SSSR count).